The van der Waals surface area contributed by atoms with Crippen LogP contribution < -0.4 is 4.90 Å². The van der Waals surface area contributed by atoms with Crippen LogP contribution in [0.25, 0.3) is 0 Å². The van der Waals surface area contributed by atoms with E-state index in [2.05, 4.69) is 9.97 Å². The van der Waals surface area contributed by atoms with Crippen LogP contribution in [0.4, 0.5) is 5.95 Å². The minimum absolute atomic E-state index is 0.0406. The first-order valence-corrected chi connectivity index (χ1v) is 5.35. The number of H-pyrrole nitrogens is 1. The molecule has 2 aromatic rings. The van der Waals surface area contributed by atoms with Crippen LogP contribution in [0, 0.1) is 0 Å². The summed E-state index contributed by atoms with van der Waals surface area (Å²) in [6.45, 7) is 0. The molecule has 7 heteroatoms. The number of fused-ring (bicyclic) bond motifs is 1. The number of carbonyl (C=O) groups is 3. The van der Waals surface area contributed by atoms with Crippen molar-refractivity contribution in [1.29, 1.82) is 0 Å². The van der Waals surface area contributed by atoms with Gasteiger partial charge in [0.2, 0.25) is 5.95 Å². The van der Waals surface area contributed by atoms with Crippen molar-refractivity contribution in [2.45, 2.75) is 0 Å². The van der Waals surface area contributed by atoms with E-state index in [1.165, 1.54) is 30.6 Å². The molecule has 3 rings (SSSR count). The Morgan fingerprint density at radius 2 is 1.95 bits per heavy atom. The summed E-state index contributed by atoms with van der Waals surface area (Å²) in [5.41, 5.74) is 0.203. The number of rotatable bonds is 2. The number of hydrogen-bond donors (Lipinski definition) is 2. The zero-order valence-corrected chi connectivity index (χ0v) is 9.45. The van der Waals surface area contributed by atoms with Gasteiger partial charge in [0.1, 0.15) is 0 Å². The van der Waals surface area contributed by atoms with Crippen molar-refractivity contribution in [2.24, 2.45) is 0 Å². The average Bonchev–Trinajstić information content (AvgIpc) is 2.98. The summed E-state index contributed by atoms with van der Waals surface area (Å²) < 4.78 is 0. The Bertz CT molecular complexity index is 706. The number of carbonyl (C=O) groups excluding carboxylic acids is 2. The Labute approximate surface area is 106 Å². The molecule has 2 N–H and O–H groups in total. The Hall–Kier alpha value is -2.96. The molecule has 1 aliphatic heterocycles. The van der Waals surface area contributed by atoms with Crippen molar-refractivity contribution in [3.8, 4) is 0 Å². The standard InChI is InChI=1S/C12H7N3O4/c16-9-7-2-1-6(11(18)19)5-8(7)10(17)15(9)12-13-3-4-14-12/h1-5H,(H,13,14)(H,18,19). The molecule has 0 saturated carbocycles. The number of carboxylic acid groups (broad SMARTS) is 1. The zero-order chi connectivity index (χ0) is 13.6. The smallest absolute Gasteiger partial charge is 0.335 e. The lowest BCUT2D eigenvalue weighted by atomic mass is 10.1. The summed E-state index contributed by atoms with van der Waals surface area (Å²) in [7, 11) is 0. The van der Waals surface area contributed by atoms with E-state index in [0.717, 1.165) is 4.90 Å². The topological polar surface area (TPSA) is 103 Å². The first-order valence-electron chi connectivity index (χ1n) is 5.35. The van der Waals surface area contributed by atoms with Crippen LogP contribution in [0.5, 0.6) is 0 Å². The summed E-state index contributed by atoms with van der Waals surface area (Å²) in [6.07, 6.45) is 2.91. The van der Waals surface area contributed by atoms with Crippen molar-refractivity contribution in [2.75, 3.05) is 4.90 Å². The van der Waals surface area contributed by atoms with Crippen molar-refractivity contribution in [3.63, 3.8) is 0 Å². The molecule has 7 nitrogen and oxygen atoms in total. The van der Waals surface area contributed by atoms with E-state index in [9.17, 15) is 14.4 Å². The molecule has 2 amide bonds. The summed E-state index contributed by atoms with van der Waals surface area (Å²) in [6, 6.07) is 3.82. The van der Waals surface area contributed by atoms with Crippen LogP contribution in [-0.2, 0) is 0 Å². The number of hydrogen-bond acceptors (Lipinski definition) is 4. The van der Waals surface area contributed by atoms with Crippen LogP contribution in [0.2, 0.25) is 0 Å². The Kier molecular flexibility index (Phi) is 2.21. The van der Waals surface area contributed by atoms with E-state index in [1.54, 1.807) is 0 Å². The van der Waals surface area contributed by atoms with Gasteiger partial charge in [-0.25, -0.2) is 14.7 Å². The van der Waals surface area contributed by atoms with E-state index in [4.69, 9.17) is 5.11 Å². The van der Waals surface area contributed by atoms with Crippen LogP contribution >= 0.6 is 0 Å². The van der Waals surface area contributed by atoms with Crippen LogP contribution in [0.1, 0.15) is 31.1 Å². The van der Waals surface area contributed by atoms with E-state index in [-0.39, 0.29) is 22.6 Å². The predicted octanol–water partition coefficient (Wildman–Crippen LogP) is 0.908. The van der Waals surface area contributed by atoms with Gasteiger partial charge in [-0.05, 0) is 18.2 Å². The molecule has 94 valence electrons. The molecule has 2 heterocycles. The molecule has 0 atom stereocenters. The van der Waals surface area contributed by atoms with Crippen molar-refractivity contribution >= 4 is 23.7 Å². The van der Waals surface area contributed by atoms with E-state index >= 15 is 0 Å². The van der Waals surface area contributed by atoms with E-state index < -0.39 is 17.8 Å². The highest BCUT2D eigenvalue weighted by atomic mass is 16.4. The molecule has 19 heavy (non-hydrogen) atoms. The van der Waals surface area contributed by atoms with Gasteiger partial charge in [0.15, 0.2) is 0 Å². The molecule has 0 bridgehead atoms. The lowest BCUT2D eigenvalue weighted by Gasteiger charge is -2.08. The number of nitrogens with one attached hydrogen (secondary N) is 1. The van der Waals surface area contributed by atoms with Gasteiger partial charge in [-0.1, -0.05) is 0 Å². The quantitative estimate of drug-likeness (QED) is 0.778. The largest absolute Gasteiger partial charge is 0.478 e. The Morgan fingerprint density at radius 1 is 1.21 bits per heavy atom. The molecular weight excluding hydrogens is 250 g/mol. The second-order valence-electron chi connectivity index (χ2n) is 3.92. The molecule has 1 aliphatic rings. The fraction of sp³-hybridized carbons (Fsp3) is 0. The van der Waals surface area contributed by atoms with E-state index in [1.807, 2.05) is 0 Å². The Balaban J connectivity index is 2.12. The first-order chi connectivity index (χ1) is 9.09. The SMILES string of the molecule is O=C(O)c1ccc2c(c1)C(=O)N(c1ncc[nH]1)C2=O. The number of nitrogens with zero attached hydrogens (tertiary/aromatic N) is 2. The first kappa shape index (κ1) is 11.1. The number of aromatic nitrogens is 2. The average molecular weight is 257 g/mol. The Morgan fingerprint density at radius 3 is 2.58 bits per heavy atom. The molecule has 0 spiro atoms. The number of aromatic carboxylic acids is 1. The number of carboxylic acids is 1. The highest BCUT2D eigenvalue weighted by molar-refractivity contribution is 6.34. The molecule has 1 aromatic heterocycles. The van der Waals surface area contributed by atoms with Gasteiger partial charge in [-0.2, -0.15) is 0 Å². The van der Waals surface area contributed by atoms with Crippen LogP contribution in [-0.4, -0.2) is 32.9 Å². The summed E-state index contributed by atoms with van der Waals surface area (Å²) >= 11 is 0. The van der Waals surface area contributed by atoms with Crippen molar-refractivity contribution in [3.05, 3.63) is 47.3 Å². The number of aromatic amines is 1. The fourth-order valence-corrected chi connectivity index (χ4v) is 1.95. The maximum absolute atomic E-state index is 12.1. The number of benzene rings is 1. The number of amides is 2. The molecule has 0 radical (unpaired) electrons. The second-order valence-corrected chi connectivity index (χ2v) is 3.92. The zero-order valence-electron chi connectivity index (χ0n) is 9.45. The van der Waals surface area contributed by atoms with E-state index in [0.29, 0.717) is 0 Å². The van der Waals surface area contributed by atoms with Crippen molar-refractivity contribution < 1.29 is 19.5 Å². The van der Waals surface area contributed by atoms with Crippen LogP contribution in [0.3, 0.4) is 0 Å². The molecule has 0 saturated heterocycles. The van der Waals surface area contributed by atoms with Gasteiger partial charge in [0.25, 0.3) is 11.8 Å². The third-order valence-corrected chi connectivity index (χ3v) is 2.83. The number of anilines is 1. The lowest BCUT2D eigenvalue weighted by molar-refractivity contribution is 0.0696. The third-order valence-electron chi connectivity index (χ3n) is 2.83. The van der Waals surface area contributed by atoms with Gasteiger partial charge in [-0.3, -0.25) is 9.59 Å². The fourth-order valence-electron chi connectivity index (χ4n) is 1.95. The maximum atomic E-state index is 12.1. The highest BCUT2D eigenvalue weighted by Gasteiger charge is 2.38. The molecule has 0 fully saturated rings. The van der Waals surface area contributed by atoms with Gasteiger partial charge in [0, 0.05) is 12.4 Å². The number of imide groups is 1. The summed E-state index contributed by atoms with van der Waals surface area (Å²) in [5.74, 6) is -2.15. The molecule has 0 aliphatic carbocycles. The minimum atomic E-state index is -1.15. The van der Waals surface area contributed by atoms with Gasteiger partial charge < -0.3 is 10.1 Å². The van der Waals surface area contributed by atoms with Gasteiger partial charge in [0.05, 0.1) is 16.7 Å². The van der Waals surface area contributed by atoms with Crippen molar-refractivity contribution in [1.82, 2.24) is 9.97 Å². The van der Waals surface area contributed by atoms with Crippen LogP contribution in [0.15, 0.2) is 30.6 Å². The highest BCUT2D eigenvalue weighted by Crippen LogP contribution is 2.26. The third kappa shape index (κ3) is 1.52. The lowest BCUT2D eigenvalue weighted by Crippen LogP contribution is -2.30. The normalized spacial score (nSPS) is 13.8. The summed E-state index contributed by atoms with van der Waals surface area (Å²) in [4.78, 5) is 42.5. The monoisotopic (exact) mass is 257 g/mol. The molecule has 0 unspecified atom stereocenters. The molecular formula is C12H7N3O4. The summed E-state index contributed by atoms with van der Waals surface area (Å²) in [5, 5.41) is 8.89. The van der Waals surface area contributed by atoms with Gasteiger partial charge in [-0.15, -0.1) is 0 Å². The minimum Gasteiger partial charge on any atom is -0.478 e. The number of imidazole rings is 1. The maximum Gasteiger partial charge on any atom is 0.335 e. The second kappa shape index (κ2) is 3.77. The van der Waals surface area contributed by atoms with Gasteiger partial charge >= 0.3 is 5.97 Å². The molecule has 1 aromatic carbocycles. The predicted molar refractivity (Wildman–Crippen MR) is 63.1 cm³/mol.